The van der Waals surface area contributed by atoms with E-state index in [2.05, 4.69) is 31.0 Å². The van der Waals surface area contributed by atoms with Crippen LogP contribution in [-0.4, -0.2) is 19.3 Å². The topological polar surface area (TPSA) is 88.2 Å². The van der Waals surface area contributed by atoms with Crippen LogP contribution in [0.4, 0.5) is 5.69 Å². The van der Waals surface area contributed by atoms with Gasteiger partial charge < -0.3 is 5.32 Å². The number of carbonyl (C=O) groups excluding carboxylic acids is 1. The molecule has 0 unspecified atom stereocenters. The SMILES string of the molecule is Cc1ccc(Br)c(NS(=O)(=O)c2cccc(C(=O)NCc3cccnc3)c2)c1. The molecule has 0 aliphatic carbocycles. The monoisotopic (exact) mass is 459 g/mol. The molecule has 28 heavy (non-hydrogen) atoms. The van der Waals surface area contributed by atoms with Crippen LogP contribution in [0.15, 0.2) is 76.4 Å². The Morgan fingerprint density at radius 3 is 2.68 bits per heavy atom. The molecule has 3 rings (SSSR count). The predicted octanol–water partition coefficient (Wildman–Crippen LogP) is 3.88. The molecule has 0 fully saturated rings. The van der Waals surface area contributed by atoms with E-state index in [0.29, 0.717) is 16.7 Å². The molecule has 6 nitrogen and oxygen atoms in total. The molecule has 0 saturated heterocycles. The zero-order chi connectivity index (χ0) is 20.1. The van der Waals surface area contributed by atoms with Crippen LogP contribution >= 0.6 is 15.9 Å². The van der Waals surface area contributed by atoms with Gasteiger partial charge in [-0.1, -0.05) is 18.2 Å². The molecule has 0 aliphatic rings. The van der Waals surface area contributed by atoms with Crippen LogP contribution in [0, 0.1) is 6.92 Å². The molecular formula is C20H18BrN3O3S. The molecule has 1 amide bonds. The fourth-order valence-electron chi connectivity index (χ4n) is 2.51. The van der Waals surface area contributed by atoms with E-state index in [0.717, 1.165) is 11.1 Å². The number of aryl methyl sites for hydroxylation is 1. The lowest BCUT2D eigenvalue weighted by molar-refractivity contribution is 0.0950. The zero-order valence-corrected chi connectivity index (χ0v) is 17.4. The number of pyridine rings is 1. The summed E-state index contributed by atoms with van der Waals surface area (Å²) in [5.41, 5.74) is 2.47. The Hall–Kier alpha value is -2.71. The van der Waals surface area contributed by atoms with E-state index in [4.69, 9.17) is 0 Å². The van der Waals surface area contributed by atoms with Crippen LogP contribution in [0.2, 0.25) is 0 Å². The molecule has 0 aliphatic heterocycles. The number of hydrogen-bond acceptors (Lipinski definition) is 4. The van der Waals surface area contributed by atoms with Gasteiger partial charge in [0, 0.05) is 29.0 Å². The van der Waals surface area contributed by atoms with Crippen molar-refractivity contribution in [3.8, 4) is 0 Å². The van der Waals surface area contributed by atoms with Gasteiger partial charge in [-0.15, -0.1) is 0 Å². The number of carbonyl (C=O) groups is 1. The molecule has 0 saturated carbocycles. The normalized spacial score (nSPS) is 11.1. The van der Waals surface area contributed by atoms with Gasteiger partial charge in [0.15, 0.2) is 0 Å². The standard InChI is InChI=1S/C20H18BrN3O3S/c1-14-7-8-18(21)19(10-14)24-28(26,27)17-6-2-5-16(11-17)20(25)23-13-15-4-3-9-22-12-15/h2-12,24H,13H2,1H3,(H,23,25). The first-order valence-corrected chi connectivity index (χ1v) is 10.7. The maximum absolute atomic E-state index is 12.7. The van der Waals surface area contributed by atoms with Gasteiger partial charge in [0.25, 0.3) is 15.9 Å². The lowest BCUT2D eigenvalue weighted by atomic mass is 10.2. The highest BCUT2D eigenvalue weighted by atomic mass is 79.9. The second-order valence-electron chi connectivity index (χ2n) is 6.16. The molecule has 8 heteroatoms. The summed E-state index contributed by atoms with van der Waals surface area (Å²) in [6.07, 6.45) is 3.31. The number of benzene rings is 2. The van der Waals surface area contributed by atoms with Gasteiger partial charge in [-0.25, -0.2) is 8.42 Å². The fraction of sp³-hybridized carbons (Fsp3) is 0.100. The van der Waals surface area contributed by atoms with Crippen molar-refractivity contribution in [1.82, 2.24) is 10.3 Å². The largest absolute Gasteiger partial charge is 0.348 e. The summed E-state index contributed by atoms with van der Waals surface area (Å²) in [4.78, 5) is 16.4. The summed E-state index contributed by atoms with van der Waals surface area (Å²) in [5, 5.41) is 2.76. The van der Waals surface area contributed by atoms with E-state index in [9.17, 15) is 13.2 Å². The summed E-state index contributed by atoms with van der Waals surface area (Å²) >= 11 is 3.34. The van der Waals surface area contributed by atoms with Crippen molar-refractivity contribution in [1.29, 1.82) is 0 Å². The van der Waals surface area contributed by atoms with Gasteiger partial charge in [0.2, 0.25) is 0 Å². The second-order valence-corrected chi connectivity index (χ2v) is 8.70. The molecule has 1 heterocycles. The van der Waals surface area contributed by atoms with Crippen LogP contribution in [0.3, 0.4) is 0 Å². The van der Waals surface area contributed by atoms with Crippen molar-refractivity contribution in [3.05, 3.63) is 88.2 Å². The van der Waals surface area contributed by atoms with Crippen LogP contribution < -0.4 is 10.0 Å². The van der Waals surface area contributed by atoms with Crippen LogP contribution in [-0.2, 0) is 16.6 Å². The molecule has 1 aromatic heterocycles. The number of aromatic nitrogens is 1. The van der Waals surface area contributed by atoms with Crippen molar-refractivity contribution in [2.24, 2.45) is 0 Å². The Balaban J connectivity index is 1.77. The minimum atomic E-state index is -3.85. The minimum Gasteiger partial charge on any atom is -0.348 e. The van der Waals surface area contributed by atoms with Gasteiger partial charge in [-0.2, -0.15) is 0 Å². The van der Waals surface area contributed by atoms with Gasteiger partial charge in [-0.3, -0.25) is 14.5 Å². The first kappa shape index (κ1) is 20.0. The van der Waals surface area contributed by atoms with Gasteiger partial charge in [0.1, 0.15) is 0 Å². The fourth-order valence-corrected chi connectivity index (χ4v) is 4.11. The zero-order valence-electron chi connectivity index (χ0n) is 15.0. The highest BCUT2D eigenvalue weighted by molar-refractivity contribution is 9.10. The van der Waals surface area contributed by atoms with E-state index in [1.807, 2.05) is 19.1 Å². The van der Waals surface area contributed by atoms with Gasteiger partial charge >= 0.3 is 0 Å². The molecule has 0 spiro atoms. The number of halogens is 1. The summed E-state index contributed by atoms with van der Waals surface area (Å²) in [6.45, 7) is 2.18. The Labute approximate surface area is 172 Å². The highest BCUT2D eigenvalue weighted by Crippen LogP contribution is 2.26. The number of hydrogen-bond donors (Lipinski definition) is 2. The van der Waals surface area contributed by atoms with E-state index < -0.39 is 10.0 Å². The van der Waals surface area contributed by atoms with E-state index in [1.54, 1.807) is 42.7 Å². The third-order valence-corrected chi connectivity index (χ3v) is 6.00. The van der Waals surface area contributed by atoms with Crippen molar-refractivity contribution < 1.29 is 13.2 Å². The molecule has 2 aromatic carbocycles. The summed E-state index contributed by atoms with van der Waals surface area (Å²) in [5.74, 6) is -0.363. The number of nitrogens with one attached hydrogen (secondary N) is 2. The van der Waals surface area contributed by atoms with Crippen LogP contribution in [0.25, 0.3) is 0 Å². The number of amides is 1. The van der Waals surface area contributed by atoms with Crippen LogP contribution in [0.1, 0.15) is 21.5 Å². The third-order valence-electron chi connectivity index (χ3n) is 3.95. The van der Waals surface area contributed by atoms with Crippen molar-refractivity contribution in [3.63, 3.8) is 0 Å². The first-order chi connectivity index (χ1) is 13.3. The summed E-state index contributed by atoms with van der Waals surface area (Å²) in [6, 6.07) is 14.9. The molecule has 0 radical (unpaired) electrons. The Morgan fingerprint density at radius 2 is 1.93 bits per heavy atom. The average Bonchev–Trinajstić information content (AvgIpc) is 2.69. The first-order valence-electron chi connectivity index (χ1n) is 8.41. The van der Waals surface area contributed by atoms with Gasteiger partial charge in [0.05, 0.1) is 10.6 Å². The minimum absolute atomic E-state index is 0.00920. The summed E-state index contributed by atoms with van der Waals surface area (Å²) < 4.78 is 28.7. The Morgan fingerprint density at radius 1 is 1.11 bits per heavy atom. The van der Waals surface area contributed by atoms with Crippen molar-refractivity contribution >= 4 is 37.5 Å². The quantitative estimate of drug-likeness (QED) is 0.585. The number of anilines is 1. The lowest BCUT2D eigenvalue weighted by Gasteiger charge is -2.12. The molecule has 2 N–H and O–H groups in total. The maximum atomic E-state index is 12.7. The van der Waals surface area contributed by atoms with Crippen LogP contribution in [0.5, 0.6) is 0 Å². The maximum Gasteiger partial charge on any atom is 0.261 e. The summed E-state index contributed by atoms with van der Waals surface area (Å²) in [7, 11) is -3.85. The molecule has 0 bridgehead atoms. The highest BCUT2D eigenvalue weighted by Gasteiger charge is 2.18. The van der Waals surface area contributed by atoms with E-state index in [-0.39, 0.29) is 16.4 Å². The van der Waals surface area contributed by atoms with Crippen molar-refractivity contribution in [2.45, 2.75) is 18.4 Å². The molecule has 0 atom stereocenters. The number of rotatable bonds is 6. The number of sulfonamides is 1. The third kappa shape index (κ3) is 4.96. The Kier molecular flexibility index (Phi) is 6.11. The lowest BCUT2D eigenvalue weighted by Crippen LogP contribution is -2.23. The number of nitrogens with zero attached hydrogens (tertiary/aromatic N) is 1. The molecule has 3 aromatic rings. The Bertz CT molecular complexity index is 1100. The van der Waals surface area contributed by atoms with Gasteiger partial charge in [-0.05, 0) is 70.4 Å². The smallest absolute Gasteiger partial charge is 0.261 e. The predicted molar refractivity (Wildman–Crippen MR) is 112 cm³/mol. The average molecular weight is 460 g/mol. The van der Waals surface area contributed by atoms with E-state index in [1.165, 1.54) is 12.1 Å². The molecule has 144 valence electrons. The molecular weight excluding hydrogens is 442 g/mol. The second kappa shape index (κ2) is 8.53. The van der Waals surface area contributed by atoms with E-state index >= 15 is 0 Å². The van der Waals surface area contributed by atoms with Crippen molar-refractivity contribution in [2.75, 3.05) is 4.72 Å².